The summed E-state index contributed by atoms with van der Waals surface area (Å²) in [7, 11) is 1.25. The van der Waals surface area contributed by atoms with Crippen molar-refractivity contribution < 1.29 is 28.2 Å². The van der Waals surface area contributed by atoms with E-state index >= 15 is 0 Å². The van der Waals surface area contributed by atoms with Crippen molar-refractivity contribution in [3.05, 3.63) is 71.2 Å². The van der Waals surface area contributed by atoms with E-state index in [1.54, 1.807) is 24.3 Å². The molecule has 8 heteroatoms. The lowest BCUT2D eigenvalue weighted by molar-refractivity contribution is -0.142. The summed E-state index contributed by atoms with van der Waals surface area (Å²) < 4.78 is 23.0. The van der Waals surface area contributed by atoms with Gasteiger partial charge in [0.25, 0.3) is 5.91 Å². The van der Waals surface area contributed by atoms with Gasteiger partial charge in [0.2, 0.25) is 0 Å². The number of carbonyl (C=O) groups excluding carboxylic acids is 3. The zero-order chi connectivity index (χ0) is 20.1. The normalized spacial score (nSPS) is 14.9. The Hall–Kier alpha value is -3.68. The van der Waals surface area contributed by atoms with E-state index in [4.69, 9.17) is 4.74 Å². The summed E-state index contributed by atoms with van der Waals surface area (Å²) in [5.41, 5.74) is 1.20. The minimum Gasteiger partial charge on any atom is -0.481 e. The molecule has 3 amide bonds. The highest BCUT2D eigenvalue weighted by atomic mass is 19.1. The second-order valence-corrected chi connectivity index (χ2v) is 5.91. The minimum atomic E-state index is -0.575. The van der Waals surface area contributed by atoms with Gasteiger partial charge in [-0.3, -0.25) is 9.69 Å². The van der Waals surface area contributed by atoms with Gasteiger partial charge in [-0.05, 0) is 29.8 Å². The van der Waals surface area contributed by atoms with Crippen molar-refractivity contribution in [1.82, 2.24) is 10.2 Å². The van der Waals surface area contributed by atoms with Gasteiger partial charge in [-0.15, -0.1) is 0 Å². The van der Waals surface area contributed by atoms with Crippen LogP contribution in [0.1, 0.15) is 11.1 Å². The molecule has 144 valence electrons. The monoisotopic (exact) mass is 384 g/mol. The van der Waals surface area contributed by atoms with Crippen LogP contribution in [0.25, 0.3) is 6.08 Å². The maximum atomic E-state index is 13.0. The smallest absolute Gasteiger partial charge is 0.343 e. The molecule has 0 atom stereocenters. The largest absolute Gasteiger partial charge is 0.481 e. The zero-order valence-corrected chi connectivity index (χ0v) is 15.0. The zero-order valence-electron chi connectivity index (χ0n) is 15.0. The summed E-state index contributed by atoms with van der Waals surface area (Å²) in [6, 6.07) is 11.7. The van der Waals surface area contributed by atoms with Crippen molar-refractivity contribution in [1.29, 1.82) is 0 Å². The van der Waals surface area contributed by atoms with Gasteiger partial charge in [0.1, 0.15) is 17.3 Å². The highest BCUT2D eigenvalue weighted by molar-refractivity contribution is 6.14. The van der Waals surface area contributed by atoms with Crippen molar-refractivity contribution in [2.75, 3.05) is 13.7 Å². The van der Waals surface area contributed by atoms with Crippen LogP contribution in [-0.4, -0.2) is 36.5 Å². The summed E-state index contributed by atoms with van der Waals surface area (Å²) >= 11 is 0. The first-order chi connectivity index (χ1) is 13.5. The molecule has 0 bridgehead atoms. The fraction of sp³-hybridized carbons (Fsp3) is 0.150. The molecule has 1 N–H and O–H groups in total. The van der Waals surface area contributed by atoms with Gasteiger partial charge in [-0.25, -0.2) is 14.0 Å². The Morgan fingerprint density at radius 3 is 2.57 bits per heavy atom. The quantitative estimate of drug-likeness (QED) is 0.470. The van der Waals surface area contributed by atoms with Crippen LogP contribution in [0.3, 0.4) is 0 Å². The number of rotatable bonds is 6. The van der Waals surface area contributed by atoms with E-state index in [1.807, 2.05) is 0 Å². The number of imide groups is 1. The number of urea groups is 1. The molecule has 7 nitrogen and oxygen atoms in total. The first-order valence-corrected chi connectivity index (χ1v) is 8.35. The molecule has 1 heterocycles. The minimum absolute atomic E-state index is 0.0166. The number of esters is 1. The van der Waals surface area contributed by atoms with E-state index in [0.29, 0.717) is 16.9 Å². The second kappa shape index (κ2) is 8.34. The van der Waals surface area contributed by atoms with Gasteiger partial charge in [0.15, 0.2) is 6.61 Å². The van der Waals surface area contributed by atoms with Gasteiger partial charge in [0, 0.05) is 5.56 Å². The summed E-state index contributed by atoms with van der Waals surface area (Å²) in [6.07, 6.45) is 1.47. The predicted molar refractivity (Wildman–Crippen MR) is 97.4 cm³/mol. The highest BCUT2D eigenvalue weighted by Crippen LogP contribution is 2.23. The van der Waals surface area contributed by atoms with Crippen LogP contribution < -0.4 is 10.1 Å². The van der Waals surface area contributed by atoms with E-state index in [-0.39, 0.29) is 18.8 Å². The predicted octanol–water partition coefficient (Wildman–Crippen LogP) is 2.47. The van der Waals surface area contributed by atoms with Gasteiger partial charge >= 0.3 is 12.0 Å². The van der Waals surface area contributed by atoms with Crippen molar-refractivity contribution in [3.8, 4) is 5.75 Å². The van der Waals surface area contributed by atoms with Crippen molar-refractivity contribution in [2.45, 2.75) is 6.54 Å². The van der Waals surface area contributed by atoms with E-state index in [0.717, 1.165) is 4.90 Å². The Balaban J connectivity index is 1.78. The number of para-hydroxylation sites is 1. The molecule has 2 aromatic rings. The van der Waals surface area contributed by atoms with E-state index in [2.05, 4.69) is 10.1 Å². The van der Waals surface area contributed by atoms with Gasteiger partial charge in [-0.2, -0.15) is 0 Å². The molecular formula is C20H17FN2O5. The molecule has 2 aromatic carbocycles. The Kier molecular flexibility index (Phi) is 5.69. The first-order valence-electron chi connectivity index (χ1n) is 8.35. The lowest BCUT2D eigenvalue weighted by Crippen LogP contribution is -2.30. The number of amides is 3. The van der Waals surface area contributed by atoms with Crippen LogP contribution in [0.15, 0.2) is 54.2 Å². The van der Waals surface area contributed by atoms with Crippen molar-refractivity contribution >= 4 is 24.0 Å². The third kappa shape index (κ3) is 4.35. The van der Waals surface area contributed by atoms with Gasteiger partial charge < -0.3 is 14.8 Å². The van der Waals surface area contributed by atoms with Crippen LogP contribution in [0.5, 0.6) is 5.75 Å². The third-order valence-electron chi connectivity index (χ3n) is 4.01. The number of carbonyl (C=O) groups is 3. The maximum Gasteiger partial charge on any atom is 0.343 e. The number of halogens is 1. The summed E-state index contributed by atoms with van der Waals surface area (Å²) in [5.74, 6) is -1.10. The summed E-state index contributed by atoms with van der Waals surface area (Å²) in [4.78, 5) is 37.1. The standard InChI is InChI=1S/C20H17FN2O5/c1-27-18(24)12-28-17-5-3-2-4-14(17)10-16-19(25)23(20(26)22-16)11-13-6-8-15(21)9-7-13/h2-10H,11-12H2,1H3,(H,22,26)/b16-10+. The number of methoxy groups -OCH3 is 1. The fourth-order valence-electron chi connectivity index (χ4n) is 2.57. The number of nitrogens with one attached hydrogen (secondary N) is 1. The Bertz CT molecular complexity index is 940. The molecule has 3 rings (SSSR count). The molecule has 0 aliphatic carbocycles. The number of ether oxygens (including phenoxy) is 2. The molecule has 0 spiro atoms. The molecule has 28 heavy (non-hydrogen) atoms. The molecule has 1 aliphatic rings. The third-order valence-corrected chi connectivity index (χ3v) is 4.01. The Morgan fingerprint density at radius 2 is 1.86 bits per heavy atom. The van der Waals surface area contributed by atoms with Crippen LogP contribution in [0, 0.1) is 5.82 Å². The second-order valence-electron chi connectivity index (χ2n) is 5.91. The summed E-state index contributed by atoms with van der Waals surface area (Å²) in [5, 5.41) is 2.51. The molecule has 0 saturated carbocycles. The molecule has 1 saturated heterocycles. The van der Waals surface area contributed by atoms with Gasteiger partial charge in [0.05, 0.1) is 13.7 Å². The van der Waals surface area contributed by atoms with Crippen LogP contribution >= 0.6 is 0 Å². The lowest BCUT2D eigenvalue weighted by Gasteiger charge is -2.11. The fourth-order valence-corrected chi connectivity index (χ4v) is 2.57. The number of hydrogen-bond donors (Lipinski definition) is 1. The van der Waals surface area contributed by atoms with Crippen molar-refractivity contribution in [2.24, 2.45) is 0 Å². The molecule has 1 fully saturated rings. The van der Waals surface area contributed by atoms with Gasteiger partial charge in [-0.1, -0.05) is 30.3 Å². The Morgan fingerprint density at radius 1 is 1.14 bits per heavy atom. The molecule has 0 radical (unpaired) electrons. The summed E-state index contributed by atoms with van der Waals surface area (Å²) in [6.45, 7) is -0.267. The van der Waals surface area contributed by atoms with E-state index < -0.39 is 23.7 Å². The molecule has 1 aliphatic heterocycles. The van der Waals surface area contributed by atoms with Crippen LogP contribution in [0.4, 0.5) is 9.18 Å². The topological polar surface area (TPSA) is 84.9 Å². The molecular weight excluding hydrogens is 367 g/mol. The molecule has 0 aromatic heterocycles. The van der Waals surface area contributed by atoms with E-state index in [1.165, 1.54) is 37.5 Å². The van der Waals surface area contributed by atoms with Crippen LogP contribution in [0.2, 0.25) is 0 Å². The highest BCUT2D eigenvalue weighted by Gasteiger charge is 2.33. The Labute approximate surface area is 160 Å². The van der Waals surface area contributed by atoms with Crippen LogP contribution in [-0.2, 0) is 20.9 Å². The average Bonchev–Trinajstić information content (AvgIpc) is 2.96. The van der Waals surface area contributed by atoms with Crippen molar-refractivity contribution in [3.63, 3.8) is 0 Å². The maximum absolute atomic E-state index is 13.0. The number of hydrogen-bond acceptors (Lipinski definition) is 5. The lowest BCUT2D eigenvalue weighted by atomic mass is 10.1. The SMILES string of the molecule is COC(=O)COc1ccccc1/C=C1/NC(=O)N(Cc2ccc(F)cc2)C1=O. The number of nitrogens with zero attached hydrogens (tertiary/aromatic N) is 1. The average molecular weight is 384 g/mol. The van der Waals surface area contributed by atoms with E-state index in [9.17, 15) is 18.8 Å². The first kappa shape index (κ1) is 19.1. The number of benzene rings is 2. The molecule has 0 unspecified atom stereocenters.